The van der Waals surface area contributed by atoms with Crippen LogP contribution in [-0.4, -0.2) is 50.1 Å². The summed E-state index contributed by atoms with van der Waals surface area (Å²) in [6, 6.07) is 3.30. The summed E-state index contributed by atoms with van der Waals surface area (Å²) >= 11 is 0. The molecule has 1 amide bonds. The lowest BCUT2D eigenvalue weighted by Gasteiger charge is -2.35. The lowest BCUT2D eigenvalue weighted by Crippen LogP contribution is -2.42. The van der Waals surface area contributed by atoms with Crippen LogP contribution < -0.4 is 9.47 Å². The Morgan fingerprint density at radius 3 is 2.57 bits per heavy atom. The third-order valence-electron chi connectivity index (χ3n) is 3.68. The van der Waals surface area contributed by atoms with Gasteiger partial charge in [-0.3, -0.25) is 4.90 Å². The lowest BCUT2D eigenvalue weighted by atomic mass is 9.92. The fourth-order valence-electron chi connectivity index (χ4n) is 2.65. The van der Waals surface area contributed by atoms with Crippen molar-refractivity contribution < 1.29 is 24.1 Å². The molecule has 1 aliphatic rings. The van der Waals surface area contributed by atoms with Crippen LogP contribution >= 0.6 is 0 Å². The number of ether oxygens (including phenoxy) is 3. The summed E-state index contributed by atoms with van der Waals surface area (Å²) in [4.78, 5) is 13.5. The number of fused-ring (bicyclic) bond motifs is 1. The van der Waals surface area contributed by atoms with Gasteiger partial charge in [-0.25, -0.2) is 4.79 Å². The van der Waals surface area contributed by atoms with Gasteiger partial charge in [-0.05, 0) is 36.6 Å². The molecule has 1 heterocycles. The van der Waals surface area contributed by atoms with E-state index in [-0.39, 0.29) is 6.61 Å². The van der Waals surface area contributed by atoms with E-state index in [0.29, 0.717) is 31.1 Å². The number of benzene rings is 1. The van der Waals surface area contributed by atoms with Crippen LogP contribution in [0.4, 0.5) is 4.79 Å². The Hall–Kier alpha value is -1.95. The van der Waals surface area contributed by atoms with Crippen LogP contribution in [0.5, 0.6) is 11.5 Å². The molecule has 116 valence electrons. The van der Waals surface area contributed by atoms with E-state index < -0.39 is 12.1 Å². The van der Waals surface area contributed by atoms with E-state index in [4.69, 9.17) is 14.2 Å². The number of hydrogen-bond acceptors (Lipinski definition) is 5. The van der Waals surface area contributed by atoms with Crippen LogP contribution in [0, 0.1) is 0 Å². The van der Waals surface area contributed by atoms with E-state index >= 15 is 0 Å². The molecule has 0 radical (unpaired) electrons. The van der Waals surface area contributed by atoms with Crippen molar-refractivity contribution in [3.8, 4) is 11.5 Å². The van der Waals surface area contributed by atoms with Crippen LogP contribution in [0.15, 0.2) is 12.1 Å². The highest BCUT2D eigenvalue weighted by molar-refractivity contribution is 5.69. The number of hydrogen-bond donors (Lipinski definition) is 1. The summed E-state index contributed by atoms with van der Waals surface area (Å²) in [6.07, 6.45) is 0.280. The minimum atomic E-state index is -0.424. The van der Waals surface area contributed by atoms with Gasteiger partial charge >= 0.3 is 6.09 Å². The molecule has 0 spiro atoms. The molecule has 0 aliphatic carbocycles. The van der Waals surface area contributed by atoms with Gasteiger partial charge in [0.05, 0.1) is 33.5 Å². The van der Waals surface area contributed by atoms with E-state index in [1.54, 1.807) is 26.0 Å². The lowest BCUT2D eigenvalue weighted by molar-refractivity contribution is 0.0677. The summed E-state index contributed by atoms with van der Waals surface area (Å²) < 4.78 is 15.6. The fourth-order valence-corrected chi connectivity index (χ4v) is 2.65. The minimum Gasteiger partial charge on any atom is -0.493 e. The standard InChI is InChI=1S/C15H21NO5/c1-4-21-15(18)16-6-5-10-7-13(19-2)14(20-3)8-11(10)12(16)9-17/h7-8,12,17H,4-6,9H2,1-3H3/t12-/m0/s1. The van der Waals surface area contributed by atoms with Crippen molar-refractivity contribution in [2.45, 2.75) is 19.4 Å². The number of amides is 1. The number of carbonyl (C=O) groups excluding carboxylic acids is 1. The maximum atomic E-state index is 12.0. The number of carbonyl (C=O) groups is 1. The molecule has 2 rings (SSSR count). The van der Waals surface area contributed by atoms with Crippen molar-refractivity contribution in [2.24, 2.45) is 0 Å². The van der Waals surface area contributed by atoms with E-state index in [1.807, 2.05) is 12.1 Å². The van der Waals surface area contributed by atoms with E-state index in [9.17, 15) is 9.90 Å². The predicted molar refractivity (Wildman–Crippen MR) is 76.8 cm³/mol. The average Bonchev–Trinajstić information content (AvgIpc) is 2.52. The third-order valence-corrected chi connectivity index (χ3v) is 3.68. The molecule has 0 fully saturated rings. The third kappa shape index (κ3) is 2.90. The van der Waals surface area contributed by atoms with Crippen LogP contribution in [-0.2, 0) is 11.2 Å². The molecule has 0 saturated heterocycles. The van der Waals surface area contributed by atoms with Gasteiger partial charge in [-0.2, -0.15) is 0 Å². The van der Waals surface area contributed by atoms with Crippen molar-refractivity contribution >= 4 is 6.09 Å². The van der Waals surface area contributed by atoms with Crippen molar-refractivity contribution in [2.75, 3.05) is 34.0 Å². The first kappa shape index (κ1) is 15.4. The Kier molecular flexibility index (Phi) is 4.90. The topological polar surface area (TPSA) is 68.2 Å². The monoisotopic (exact) mass is 295 g/mol. The summed E-state index contributed by atoms with van der Waals surface area (Å²) in [5.74, 6) is 1.23. The molecule has 1 aromatic carbocycles. The first-order chi connectivity index (χ1) is 10.2. The molecule has 1 N–H and O–H groups in total. The predicted octanol–water partition coefficient (Wildman–Crippen LogP) is 1.75. The summed E-state index contributed by atoms with van der Waals surface area (Å²) in [7, 11) is 3.14. The zero-order valence-corrected chi connectivity index (χ0v) is 12.6. The molecule has 6 nitrogen and oxygen atoms in total. The highest BCUT2D eigenvalue weighted by Crippen LogP contribution is 2.38. The smallest absolute Gasteiger partial charge is 0.410 e. The van der Waals surface area contributed by atoms with E-state index in [1.165, 1.54) is 0 Å². The van der Waals surface area contributed by atoms with Crippen LogP contribution in [0.25, 0.3) is 0 Å². The summed E-state index contributed by atoms with van der Waals surface area (Å²) in [5, 5.41) is 9.69. The van der Waals surface area contributed by atoms with Gasteiger partial charge in [0, 0.05) is 6.54 Å². The summed E-state index contributed by atoms with van der Waals surface area (Å²) in [5.41, 5.74) is 1.92. The van der Waals surface area contributed by atoms with Crippen LogP contribution in [0.2, 0.25) is 0 Å². The number of aliphatic hydroxyl groups is 1. The molecule has 0 bridgehead atoms. The first-order valence-corrected chi connectivity index (χ1v) is 6.95. The maximum absolute atomic E-state index is 12.0. The Bertz CT molecular complexity index is 517. The van der Waals surface area contributed by atoms with E-state index in [0.717, 1.165) is 11.1 Å². The fraction of sp³-hybridized carbons (Fsp3) is 0.533. The van der Waals surface area contributed by atoms with Gasteiger partial charge in [0.25, 0.3) is 0 Å². The summed E-state index contributed by atoms with van der Waals surface area (Å²) in [6.45, 7) is 2.41. The first-order valence-electron chi connectivity index (χ1n) is 6.95. The second-order valence-electron chi connectivity index (χ2n) is 4.75. The molecule has 0 aromatic heterocycles. The molecule has 21 heavy (non-hydrogen) atoms. The molecule has 1 aromatic rings. The van der Waals surface area contributed by atoms with Crippen LogP contribution in [0.1, 0.15) is 24.1 Å². The van der Waals surface area contributed by atoms with Gasteiger partial charge in [-0.15, -0.1) is 0 Å². The second kappa shape index (κ2) is 6.67. The zero-order valence-electron chi connectivity index (χ0n) is 12.6. The number of nitrogens with zero attached hydrogens (tertiary/aromatic N) is 1. The SMILES string of the molecule is CCOC(=O)N1CCc2cc(OC)c(OC)cc2[C@@H]1CO. The minimum absolute atomic E-state index is 0.165. The number of methoxy groups -OCH3 is 2. The molecule has 0 unspecified atom stereocenters. The van der Waals surface area contributed by atoms with Crippen molar-refractivity contribution in [3.63, 3.8) is 0 Å². The Morgan fingerprint density at radius 2 is 2.00 bits per heavy atom. The Labute approximate surface area is 124 Å². The van der Waals surface area contributed by atoms with Crippen molar-refractivity contribution in [1.82, 2.24) is 4.90 Å². The number of aliphatic hydroxyl groups excluding tert-OH is 1. The van der Waals surface area contributed by atoms with Gasteiger partial charge in [0.2, 0.25) is 0 Å². The maximum Gasteiger partial charge on any atom is 0.410 e. The van der Waals surface area contributed by atoms with Crippen molar-refractivity contribution in [1.29, 1.82) is 0 Å². The molecule has 0 saturated carbocycles. The quantitative estimate of drug-likeness (QED) is 0.916. The average molecular weight is 295 g/mol. The molecular formula is C15H21NO5. The van der Waals surface area contributed by atoms with Gasteiger partial charge < -0.3 is 19.3 Å². The largest absolute Gasteiger partial charge is 0.493 e. The highest BCUT2D eigenvalue weighted by atomic mass is 16.6. The van der Waals surface area contributed by atoms with Gasteiger partial charge in [0.1, 0.15) is 0 Å². The normalized spacial score (nSPS) is 17.1. The zero-order chi connectivity index (χ0) is 15.4. The highest BCUT2D eigenvalue weighted by Gasteiger charge is 2.32. The number of rotatable bonds is 4. The molecule has 6 heteroatoms. The second-order valence-corrected chi connectivity index (χ2v) is 4.75. The molecule has 1 aliphatic heterocycles. The Balaban J connectivity index is 2.39. The van der Waals surface area contributed by atoms with E-state index in [2.05, 4.69) is 0 Å². The van der Waals surface area contributed by atoms with Crippen LogP contribution in [0.3, 0.4) is 0 Å². The van der Waals surface area contributed by atoms with Gasteiger partial charge in [-0.1, -0.05) is 0 Å². The Morgan fingerprint density at radius 1 is 1.33 bits per heavy atom. The molecule has 1 atom stereocenters. The van der Waals surface area contributed by atoms with Crippen molar-refractivity contribution in [3.05, 3.63) is 23.3 Å². The molecular weight excluding hydrogens is 274 g/mol. The van der Waals surface area contributed by atoms with Gasteiger partial charge in [0.15, 0.2) is 11.5 Å².